The second-order valence-electron chi connectivity index (χ2n) is 6.20. The van der Waals surface area contributed by atoms with Crippen molar-refractivity contribution in [1.29, 1.82) is 0 Å². The van der Waals surface area contributed by atoms with Gasteiger partial charge in [-0.25, -0.2) is 0 Å². The Hall–Kier alpha value is -2.01. The predicted molar refractivity (Wildman–Crippen MR) is 103 cm³/mol. The molecule has 0 aromatic heterocycles. The maximum absolute atomic E-state index is 12.1. The summed E-state index contributed by atoms with van der Waals surface area (Å²) in [6, 6.07) is 13.5. The lowest BCUT2D eigenvalue weighted by atomic mass is 10.0. The van der Waals surface area contributed by atoms with Crippen molar-refractivity contribution in [3.05, 3.63) is 58.1 Å². The standard InChI is InChI=1S/C20H24BrNO3/c1-13(2)16-7-10-19(18(21)11-16)25-12-20(23)22-14(3)15-5-8-17(24-4)9-6-15/h5-11,13-14H,12H2,1-4H3,(H,22,23)/t14-/m0/s1. The number of methoxy groups -OCH3 is 1. The van der Waals surface area contributed by atoms with Crippen molar-refractivity contribution in [3.63, 3.8) is 0 Å². The Morgan fingerprint density at radius 1 is 1.08 bits per heavy atom. The number of hydrogen-bond donors (Lipinski definition) is 1. The minimum absolute atomic E-state index is 0.0277. The van der Waals surface area contributed by atoms with Crippen LogP contribution in [0.25, 0.3) is 0 Å². The predicted octanol–water partition coefficient (Wildman–Crippen LogP) is 4.84. The molecule has 0 spiro atoms. The highest BCUT2D eigenvalue weighted by Crippen LogP contribution is 2.28. The molecular weight excluding hydrogens is 382 g/mol. The molecule has 2 aromatic carbocycles. The van der Waals surface area contributed by atoms with E-state index in [4.69, 9.17) is 9.47 Å². The zero-order valence-corrected chi connectivity index (χ0v) is 16.6. The van der Waals surface area contributed by atoms with Crippen LogP contribution in [0.5, 0.6) is 11.5 Å². The van der Waals surface area contributed by atoms with Crippen LogP contribution in [0.3, 0.4) is 0 Å². The molecule has 0 aliphatic carbocycles. The van der Waals surface area contributed by atoms with E-state index in [-0.39, 0.29) is 18.6 Å². The highest BCUT2D eigenvalue weighted by atomic mass is 79.9. The first kappa shape index (κ1) is 19.3. The average Bonchev–Trinajstić information content (AvgIpc) is 2.60. The van der Waals surface area contributed by atoms with Gasteiger partial charge in [0.2, 0.25) is 0 Å². The normalized spacial score (nSPS) is 11.9. The summed E-state index contributed by atoms with van der Waals surface area (Å²) >= 11 is 3.50. The molecule has 0 aliphatic heterocycles. The Morgan fingerprint density at radius 3 is 2.28 bits per heavy atom. The minimum atomic E-state index is -0.164. The smallest absolute Gasteiger partial charge is 0.258 e. The van der Waals surface area contributed by atoms with E-state index in [0.29, 0.717) is 11.7 Å². The van der Waals surface area contributed by atoms with Crippen LogP contribution in [0.4, 0.5) is 0 Å². The second kappa shape index (κ2) is 8.90. The van der Waals surface area contributed by atoms with Gasteiger partial charge in [0.25, 0.3) is 5.91 Å². The summed E-state index contributed by atoms with van der Waals surface area (Å²) in [5.41, 5.74) is 2.23. The van der Waals surface area contributed by atoms with Gasteiger partial charge in [0.1, 0.15) is 11.5 Å². The van der Waals surface area contributed by atoms with Crippen molar-refractivity contribution in [2.24, 2.45) is 0 Å². The number of halogens is 1. The van der Waals surface area contributed by atoms with E-state index in [0.717, 1.165) is 15.8 Å². The van der Waals surface area contributed by atoms with Gasteiger partial charge in [-0.05, 0) is 64.2 Å². The molecule has 134 valence electrons. The first-order valence-corrected chi connectivity index (χ1v) is 9.05. The molecule has 0 saturated carbocycles. The molecule has 0 aliphatic rings. The van der Waals surface area contributed by atoms with Crippen LogP contribution in [0.15, 0.2) is 46.9 Å². The van der Waals surface area contributed by atoms with Gasteiger partial charge in [0.15, 0.2) is 6.61 Å². The molecule has 1 atom stereocenters. The van der Waals surface area contributed by atoms with E-state index in [1.54, 1.807) is 7.11 Å². The highest BCUT2D eigenvalue weighted by molar-refractivity contribution is 9.10. The van der Waals surface area contributed by atoms with Crippen LogP contribution in [0, 0.1) is 0 Å². The quantitative estimate of drug-likeness (QED) is 0.716. The number of benzene rings is 2. The van der Waals surface area contributed by atoms with Gasteiger partial charge >= 0.3 is 0 Å². The third-order valence-electron chi connectivity index (χ3n) is 3.97. The van der Waals surface area contributed by atoms with Crippen LogP contribution in [-0.2, 0) is 4.79 Å². The molecule has 25 heavy (non-hydrogen) atoms. The van der Waals surface area contributed by atoms with Crippen LogP contribution >= 0.6 is 15.9 Å². The Labute approximate surface area is 157 Å². The maximum Gasteiger partial charge on any atom is 0.258 e. The number of hydrogen-bond acceptors (Lipinski definition) is 3. The topological polar surface area (TPSA) is 47.6 Å². The van der Waals surface area contributed by atoms with Crippen LogP contribution < -0.4 is 14.8 Å². The van der Waals surface area contributed by atoms with Crippen molar-refractivity contribution < 1.29 is 14.3 Å². The Balaban J connectivity index is 1.89. The van der Waals surface area contributed by atoms with Crippen molar-refractivity contribution in [3.8, 4) is 11.5 Å². The molecule has 0 heterocycles. The summed E-state index contributed by atoms with van der Waals surface area (Å²) in [5.74, 6) is 1.74. The minimum Gasteiger partial charge on any atom is -0.497 e. The number of carbonyl (C=O) groups excluding carboxylic acids is 1. The van der Waals surface area contributed by atoms with Crippen molar-refractivity contribution in [1.82, 2.24) is 5.32 Å². The molecule has 0 fully saturated rings. The van der Waals surface area contributed by atoms with Crippen LogP contribution in [0.2, 0.25) is 0 Å². The lowest BCUT2D eigenvalue weighted by molar-refractivity contribution is -0.123. The molecule has 2 aromatic rings. The first-order chi connectivity index (χ1) is 11.9. The second-order valence-corrected chi connectivity index (χ2v) is 7.05. The van der Waals surface area contributed by atoms with E-state index >= 15 is 0 Å². The molecule has 0 saturated heterocycles. The molecule has 0 unspecified atom stereocenters. The zero-order chi connectivity index (χ0) is 18.4. The van der Waals surface area contributed by atoms with Gasteiger partial charge < -0.3 is 14.8 Å². The summed E-state index contributed by atoms with van der Waals surface area (Å²) in [6.07, 6.45) is 0. The first-order valence-electron chi connectivity index (χ1n) is 8.26. The summed E-state index contributed by atoms with van der Waals surface area (Å²) in [7, 11) is 1.63. The lowest BCUT2D eigenvalue weighted by Gasteiger charge is -2.16. The molecule has 1 amide bonds. The molecule has 0 bridgehead atoms. The summed E-state index contributed by atoms with van der Waals surface area (Å²) in [4.78, 5) is 12.1. The van der Waals surface area contributed by atoms with E-state index < -0.39 is 0 Å². The van der Waals surface area contributed by atoms with Gasteiger partial charge in [0, 0.05) is 0 Å². The fourth-order valence-corrected chi connectivity index (χ4v) is 2.91. The fraction of sp³-hybridized carbons (Fsp3) is 0.350. The molecule has 2 rings (SSSR count). The third kappa shape index (κ3) is 5.49. The molecule has 1 N–H and O–H groups in total. The zero-order valence-electron chi connectivity index (χ0n) is 15.0. The van der Waals surface area contributed by atoms with E-state index in [1.807, 2.05) is 49.4 Å². The van der Waals surface area contributed by atoms with Gasteiger partial charge in [-0.1, -0.05) is 32.0 Å². The number of rotatable bonds is 7. The summed E-state index contributed by atoms with van der Waals surface area (Å²) < 4.78 is 11.6. The number of nitrogens with one attached hydrogen (secondary N) is 1. The molecule has 5 heteroatoms. The van der Waals surface area contributed by atoms with Crippen molar-refractivity contribution in [2.75, 3.05) is 13.7 Å². The van der Waals surface area contributed by atoms with Crippen molar-refractivity contribution >= 4 is 21.8 Å². The van der Waals surface area contributed by atoms with E-state index in [1.165, 1.54) is 5.56 Å². The average molecular weight is 406 g/mol. The van der Waals surface area contributed by atoms with Crippen molar-refractivity contribution in [2.45, 2.75) is 32.7 Å². The Kier molecular flexibility index (Phi) is 6.88. The highest BCUT2D eigenvalue weighted by Gasteiger charge is 2.12. The Morgan fingerprint density at radius 2 is 1.72 bits per heavy atom. The van der Waals surface area contributed by atoms with E-state index in [2.05, 4.69) is 35.1 Å². The van der Waals surface area contributed by atoms with Gasteiger partial charge in [-0.15, -0.1) is 0 Å². The monoisotopic (exact) mass is 405 g/mol. The summed E-state index contributed by atoms with van der Waals surface area (Å²) in [6.45, 7) is 6.18. The number of carbonyl (C=O) groups is 1. The molecule has 4 nitrogen and oxygen atoms in total. The maximum atomic E-state index is 12.1. The van der Waals surface area contributed by atoms with Gasteiger partial charge in [-0.3, -0.25) is 4.79 Å². The third-order valence-corrected chi connectivity index (χ3v) is 4.59. The molecule has 0 radical (unpaired) electrons. The summed E-state index contributed by atoms with van der Waals surface area (Å²) in [5, 5.41) is 2.93. The SMILES string of the molecule is COc1ccc([C@H](C)NC(=O)COc2ccc(C(C)C)cc2Br)cc1. The van der Waals surface area contributed by atoms with Gasteiger partial charge in [-0.2, -0.15) is 0 Å². The molecular formula is C20H24BrNO3. The number of ether oxygens (including phenoxy) is 2. The lowest BCUT2D eigenvalue weighted by Crippen LogP contribution is -2.31. The van der Waals surface area contributed by atoms with Crippen LogP contribution in [0.1, 0.15) is 43.9 Å². The fourth-order valence-electron chi connectivity index (χ4n) is 2.40. The Bertz CT molecular complexity index is 713. The number of amides is 1. The van der Waals surface area contributed by atoms with E-state index in [9.17, 15) is 4.79 Å². The van der Waals surface area contributed by atoms with Gasteiger partial charge in [0.05, 0.1) is 17.6 Å². The van der Waals surface area contributed by atoms with Crippen LogP contribution in [-0.4, -0.2) is 19.6 Å². The largest absolute Gasteiger partial charge is 0.497 e.